The fraction of sp³-hybridized carbons (Fsp3) is 0. The van der Waals surface area contributed by atoms with E-state index >= 15 is 0 Å². The maximum Gasteiger partial charge on any atom is 0.328 e. The molecule has 102 valence electrons. The van der Waals surface area contributed by atoms with E-state index in [0.717, 1.165) is 0 Å². The monoisotopic (exact) mass is 337 g/mol. The summed E-state index contributed by atoms with van der Waals surface area (Å²) >= 11 is 3.18. The zero-order valence-electron chi connectivity index (χ0n) is 9.88. The number of nitrogens with one attached hydrogen (secondary N) is 2. The van der Waals surface area contributed by atoms with Crippen LogP contribution in [0.15, 0.2) is 34.8 Å². The maximum absolute atomic E-state index is 11.5. The molecule has 8 heteroatoms. The Balaban J connectivity index is 2.70. The van der Waals surface area contributed by atoms with Gasteiger partial charge in [0.05, 0.1) is 11.3 Å². The van der Waals surface area contributed by atoms with Gasteiger partial charge in [-0.15, -0.1) is 0 Å². The number of anilines is 1. The van der Waals surface area contributed by atoms with Gasteiger partial charge in [0.15, 0.2) is 0 Å². The molecule has 20 heavy (non-hydrogen) atoms. The van der Waals surface area contributed by atoms with Crippen molar-refractivity contribution in [3.05, 3.63) is 40.4 Å². The minimum absolute atomic E-state index is 0.211. The number of carbonyl (C=O) groups is 3. The summed E-state index contributed by atoms with van der Waals surface area (Å²) in [4.78, 5) is 32.8. The molecule has 1 aromatic carbocycles. The Kier molecular flexibility index (Phi) is 5.43. The second-order valence-corrected chi connectivity index (χ2v) is 4.33. The highest BCUT2D eigenvalue weighted by molar-refractivity contribution is 9.10. The number of aliphatic carboxylic acids is 1. The summed E-state index contributed by atoms with van der Waals surface area (Å²) in [6.07, 6.45) is 1.30. The third-order valence-electron chi connectivity index (χ3n) is 1.96. The zero-order valence-corrected chi connectivity index (χ0v) is 11.5. The van der Waals surface area contributed by atoms with Crippen LogP contribution in [-0.2, 0) is 9.59 Å². The summed E-state index contributed by atoms with van der Waals surface area (Å²) in [6.45, 7) is 0. The van der Waals surface area contributed by atoms with E-state index in [2.05, 4.69) is 21.2 Å². The van der Waals surface area contributed by atoms with Gasteiger partial charge in [-0.1, -0.05) is 15.9 Å². The predicted molar refractivity (Wildman–Crippen MR) is 72.8 cm³/mol. The van der Waals surface area contributed by atoms with E-state index in [1.54, 1.807) is 6.07 Å². The molecule has 0 bridgehead atoms. The number of hydrogen-bond donors (Lipinski definition) is 3. The molecule has 3 amide bonds. The van der Waals surface area contributed by atoms with Crippen LogP contribution in [0.25, 0.3) is 0 Å². The Hall–Kier alpha value is -2.66. The smallest absolute Gasteiger partial charge is 0.328 e. The van der Waals surface area contributed by atoms with Crippen molar-refractivity contribution in [3.8, 4) is 6.07 Å². The minimum atomic E-state index is -1.31. The first-order valence-electron chi connectivity index (χ1n) is 5.15. The molecule has 0 aromatic heterocycles. The normalized spacial score (nSPS) is 9.80. The van der Waals surface area contributed by atoms with Crippen molar-refractivity contribution in [1.29, 1.82) is 5.26 Å². The third-order valence-corrected chi connectivity index (χ3v) is 2.46. The molecule has 0 aliphatic heterocycles. The van der Waals surface area contributed by atoms with Crippen molar-refractivity contribution in [3.63, 3.8) is 0 Å². The predicted octanol–water partition coefficient (Wildman–Crippen LogP) is 1.61. The lowest BCUT2D eigenvalue weighted by Crippen LogP contribution is -2.33. The largest absolute Gasteiger partial charge is 0.478 e. The Morgan fingerprint density at radius 1 is 1.30 bits per heavy atom. The SMILES string of the molecule is N#Cc1cc(Br)ccc1NC(=O)NC(=O)/C=C/C(=O)O. The van der Waals surface area contributed by atoms with Crippen molar-refractivity contribution in [2.75, 3.05) is 5.32 Å². The van der Waals surface area contributed by atoms with Gasteiger partial charge in [0, 0.05) is 16.6 Å². The number of carboxylic acids is 1. The average molecular weight is 338 g/mol. The van der Waals surface area contributed by atoms with Crippen LogP contribution in [0, 0.1) is 11.3 Å². The van der Waals surface area contributed by atoms with E-state index in [4.69, 9.17) is 10.4 Å². The lowest BCUT2D eigenvalue weighted by molar-refractivity contribution is -0.131. The molecule has 0 spiro atoms. The molecule has 0 unspecified atom stereocenters. The minimum Gasteiger partial charge on any atom is -0.478 e. The summed E-state index contributed by atoms with van der Waals surface area (Å²) < 4.78 is 0.667. The van der Waals surface area contributed by atoms with Crippen molar-refractivity contribution >= 4 is 39.5 Å². The van der Waals surface area contributed by atoms with Crippen LogP contribution in [0.4, 0.5) is 10.5 Å². The summed E-state index contributed by atoms with van der Waals surface area (Å²) in [6, 6.07) is 5.62. The number of carboxylic acid groups (broad SMARTS) is 1. The Bertz CT molecular complexity index is 634. The van der Waals surface area contributed by atoms with Gasteiger partial charge < -0.3 is 10.4 Å². The fourth-order valence-corrected chi connectivity index (χ4v) is 1.53. The van der Waals surface area contributed by atoms with Gasteiger partial charge >= 0.3 is 12.0 Å². The van der Waals surface area contributed by atoms with E-state index in [0.29, 0.717) is 16.6 Å². The van der Waals surface area contributed by atoms with Gasteiger partial charge in [-0.3, -0.25) is 10.1 Å². The topological polar surface area (TPSA) is 119 Å². The highest BCUT2D eigenvalue weighted by Gasteiger charge is 2.09. The van der Waals surface area contributed by atoms with E-state index < -0.39 is 17.9 Å². The summed E-state index contributed by atoms with van der Waals surface area (Å²) in [5, 5.41) is 21.4. The molecule has 0 saturated carbocycles. The molecule has 0 atom stereocenters. The number of benzene rings is 1. The number of carbonyl (C=O) groups excluding carboxylic acids is 2. The number of halogens is 1. The molecule has 0 radical (unpaired) electrons. The van der Waals surface area contributed by atoms with E-state index in [9.17, 15) is 14.4 Å². The summed E-state index contributed by atoms with van der Waals surface area (Å²) in [5.74, 6) is -2.19. The van der Waals surface area contributed by atoms with Gasteiger partial charge in [-0.2, -0.15) is 5.26 Å². The van der Waals surface area contributed by atoms with E-state index in [1.807, 2.05) is 11.4 Å². The average Bonchev–Trinajstić information content (AvgIpc) is 2.38. The fourth-order valence-electron chi connectivity index (χ4n) is 1.17. The summed E-state index contributed by atoms with van der Waals surface area (Å²) in [7, 11) is 0. The number of imide groups is 1. The first kappa shape index (κ1) is 15.4. The number of nitriles is 1. The van der Waals surface area contributed by atoms with E-state index in [-0.39, 0.29) is 11.3 Å². The van der Waals surface area contributed by atoms with Gasteiger partial charge in [-0.25, -0.2) is 9.59 Å². The number of nitrogens with zero attached hydrogens (tertiary/aromatic N) is 1. The molecule has 0 fully saturated rings. The number of rotatable bonds is 3. The van der Waals surface area contributed by atoms with Gasteiger partial charge in [0.2, 0.25) is 0 Å². The lowest BCUT2D eigenvalue weighted by atomic mass is 10.2. The molecule has 0 aliphatic carbocycles. The molecule has 0 heterocycles. The first-order valence-corrected chi connectivity index (χ1v) is 5.94. The van der Waals surface area contributed by atoms with Crippen LogP contribution in [0.3, 0.4) is 0 Å². The quantitative estimate of drug-likeness (QED) is 0.724. The standard InChI is InChI=1S/C12H8BrN3O4/c13-8-1-2-9(7(5-8)6-14)15-12(20)16-10(17)3-4-11(18)19/h1-5H,(H,18,19)(H2,15,16,17,20)/b4-3+. The maximum atomic E-state index is 11.5. The number of urea groups is 1. The van der Waals surface area contributed by atoms with Crippen molar-refractivity contribution in [2.24, 2.45) is 0 Å². The lowest BCUT2D eigenvalue weighted by Gasteiger charge is -2.07. The molecule has 0 saturated heterocycles. The molecule has 0 aliphatic rings. The number of hydrogen-bond acceptors (Lipinski definition) is 4. The van der Waals surface area contributed by atoms with Crippen LogP contribution in [0.5, 0.6) is 0 Å². The Morgan fingerprint density at radius 3 is 2.60 bits per heavy atom. The third kappa shape index (κ3) is 4.91. The second kappa shape index (κ2) is 7.06. The van der Waals surface area contributed by atoms with E-state index in [1.165, 1.54) is 12.1 Å². The van der Waals surface area contributed by atoms with Crippen molar-refractivity contribution < 1.29 is 19.5 Å². The van der Waals surface area contributed by atoms with Crippen LogP contribution in [0.2, 0.25) is 0 Å². The Morgan fingerprint density at radius 2 is 2.00 bits per heavy atom. The van der Waals surface area contributed by atoms with Crippen LogP contribution in [0.1, 0.15) is 5.56 Å². The van der Waals surface area contributed by atoms with Crippen LogP contribution < -0.4 is 10.6 Å². The zero-order chi connectivity index (χ0) is 15.1. The van der Waals surface area contributed by atoms with Crippen molar-refractivity contribution in [1.82, 2.24) is 5.32 Å². The molecular weight excluding hydrogens is 330 g/mol. The van der Waals surface area contributed by atoms with Crippen LogP contribution in [-0.4, -0.2) is 23.0 Å². The molecule has 3 N–H and O–H groups in total. The second-order valence-electron chi connectivity index (χ2n) is 3.42. The van der Waals surface area contributed by atoms with Crippen LogP contribution >= 0.6 is 15.9 Å². The molecule has 1 aromatic rings. The van der Waals surface area contributed by atoms with Gasteiger partial charge in [0.25, 0.3) is 5.91 Å². The molecular formula is C12H8BrN3O4. The van der Waals surface area contributed by atoms with Crippen molar-refractivity contribution in [2.45, 2.75) is 0 Å². The molecule has 1 rings (SSSR count). The highest BCUT2D eigenvalue weighted by atomic mass is 79.9. The first-order chi connectivity index (χ1) is 9.42. The molecule has 7 nitrogen and oxygen atoms in total. The number of amides is 3. The highest BCUT2D eigenvalue weighted by Crippen LogP contribution is 2.20. The Labute approximate surface area is 122 Å². The van der Waals surface area contributed by atoms with Gasteiger partial charge in [-0.05, 0) is 18.2 Å². The van der Waals surface area contributed by atoms with Gasteiger partial charge in [0.1, 0.15) is 6.07 Å². The summed E-state index contributed by atoms with van der Waals surface area (Å²) in [5.41, 5.74) is 0.436.